The van der Waals surface area contributed by atoms with Crippen molar-refractivity contribution in [1.29, 1.82) is 0 Å². The largest absolute Gasteiger partial charge is 3.00 e. The van der Waals surface area contributed by atoms with Gasteiger partial charge in [-0.05, 0) is 28.5 Å². The number of hydrogen-bond acceptors (Lipinski definition) is 1. The minimum atomic E-state index is 0. The van der Waals surface area contributed by atoms with Crippen LogP contribution in [0, 0.1) is 0 Å². The molecule has 175 valence electrons. The molecule has 0 aliphatic rings. The molecule has 1 aromatic heterocycles. The van der Waals surface area contributed by atoms with Crippen molar-refractivity contribution in [3.8, 4) is 11.3 Å². The van der Waals surface area contributed by atoms with Crippen LogP contribution < -0.4 is 4.98 Å². The van der Waals surface area contributed by atoms with E-state index in [1.54, 1.807) is 0 Å². The van der Waals surface area contributed by atoms with Crippen LogP contribution in [0.25, 0.3) is 32.7 Å². The summed E-state index contributed by atoms with van der Waals surface area (Å²) in [7, 11) is 0. The first-order valence-electron chi connectivity index (χ1n) is 11.7. The zero-order chi connectivity index (χ0) is 23.7. The summed E-state index contributed by atoms with van der Waals surface area (Å²) in [6, 6.07) is 28.6. The van der Waals surface area contributed by atoms with Crippen molar-refractivity contribution >= 4 is 22.7 Å². The van der Waals surface area contributed by atoms with Crippen molar-refractivity contribution in [1.82, 2.24) is 4.98 Å². The Balaban J connectivity index is 0.000000449. The van der Waals surface area contributed by atoms with Gasteiger partial charge >= 0.3 is 21.7 Å². The van der Waals surface area contributed by atoms with Crippen molar-refractivity contribution in [2.24, 2.45) is 4.99 Å². The molecule has 1 heterocycles. The van der Waals surface area contributed by atoms with Gasteiger partial charge in [0, 0.05) is 6.21 Å². The van der Waals surface area contributed by atoms with E-state index in [0.29, 0.717) is 0 Å². The molecule has 0 aliphatic heterocycles. The number of benzene rings is 3. The van der Waals surface area contributed by atoms with Crippen LogP contribution >= 0.6 is 0 Å². The summed E-state index contributed by atoms with van der Waals surface area (Å²) in [5.41, 5.74) is 3.94. The van der Waals surface area contributed by atoms with Gasteiger partial charge in [0.2, 0.25) is 0 Å². The Bertz CT molecular complexity index is 1060. The number of fused-ring (bicyclic) bond motifs is 1. The van der Waals surface area contributed by atoms with E-state index in [0.717, 1.165) is 48.8 Å². The first-order chi connectivity index (χ1) is 16.2. The molecule has 0 saturated carbocycles. The first kappa shape index (κ1) is 29.5. The molecule has 34 heavy (non-hydrogen) atoms. The molecular weight excluding hydrogens is 452 g/mol. The summed E-state index contributed by atoms with van der Waals surface area (Å²) in [4.78, 5) is 9.15. The van der Waals surface area contributed by atoms with Crippen LogP contribution in [0.1, 0.15) is 33.4 Å². The van der Waals surface area contributed by atoms with Crippen LogP contribution in [-0.2, 0) is 21.7 Å². The van der Waals surface area contributed by atoms with E-state index in [1.807, 2.05) is 76.4 Å². The van der Waals surface area contributed by atoms with Crippen LogP contribution in [-0.4, -0.2) is 32.4 Å². The van der Waals surface area contributed by atoms with Crippen LogP contribution in [0.2, 0.25) is 0 Å². The van der Waals surface area contributed by atoms with E-state index < -0.39 is 0 Å². The predicted octanol–water partition coefficient (Wildman–Crippen LogP) is 8.01. The fraction of sp³-hybridized carbons (Fsp3) is 0.276. The van der Waals surface area contributed by atoms with Gasteiger partial charge in [-0.15, -0.1) is 11.4 Å². The normalized spacial score (nSPS) is 10.1. The summed E-state index contributed by atoms with van der Waals surface area (Å²) < 4.78 is 0. The molecule has 4 rings (SSSR count). The van der Waals surface area contributed by atoms with E-state index in [4.69, 9.17) is 4.98 Å². The maximum absolute atomic E-state index is 4.70. The van der Waals surface area contributed by atoms with Crippen molar-refractivity contribution < 1.29 is 21.7 Å². The number of nitrogens with zero attached hydrogens (tertiary/aromatic N) is 4. The van der Waals surface area contributed by atoms with E-state index in [9.17, 15) is 0 Å². The minimum absolute atomic E-state index is 0. The SMILES string of the molecule is C(=Nc1ccccc1)c1ccc(-c2cccc3ccccc23)[n-]1.CC[N-]CC.CC[N-]CC.[Ti+3]. The molecule has 0 spiro atoms. The summed E-state index contributed by atoms with van der Waals surface area (Å²) >= 11 is 0. The predicted molar refractivity (Wildman–Crippen MR) is 145 cm³/mol. The monoisotopic (exact) mass is 487 g/mol. The molecule has 3 aromatic carbocycles. The molecule has 0 unspecified atom stereocenters. The van der Waals surface area contributed by atoms with Crippen LogP contribution in [0.3, 0.4) is 0 Å². The van der Waals surface area contributed by atoms with Gasteiger partial charge in [0.05, 0.1) is 5.69 Å². The van der Waals surface area contributed by atoms with E-state index in [2.05, 4.69) is 58.1 Å². The quantitative estimate of drug-likeness (QED) is 0.192. The molecular formula is C29H35N4Ti. The second kappa shape index (κ2) is 17.9. The molecule has 0 aliphatic carbocycles. The van der Waals surface area contributed by atoms with Gasteiger partial charge in [0.15, 0.2) is 0 Å². The second-order valence-electron chi connectivity index (χ2n) is 7.09. The van der Waals surface area contributed by atoms with Crippen LogP contribution in [0.5, 0.6) is 0 Å². The Morgan fingerprint density at radius 2 is 1.26 bits per heavy atom. The summed E-state index contributed by atoms with van der Waals surface area (Å²) in [5.74, 6) is 0. The molecule has 0 fully saturated rings. The topological polar surface area (TPSA) is 54.7 Å². The molecule has 0 atom stereocenters. The average Bonchev–Trinajstić information content (AvgIpc) is 3.34. The number of rotatable bonds is 7. The van der Waals surface area contributed by atoms with E-state index in [-0.39, 0.29) is 21.7 Å². The van der Waals surface area contributed by atoms with Gasteiger partial charge in [-0.2, -0.15) is 26.2 Å². The van der Waals surface area contributed by atoms with Gasteiger partial charge in [-0.3, -0.25) is 4.99 Å². The van der Waals surface area contributed by atoms with E-state index in [1.165, 1.54) is 10.8 Å². The third-order valence-corrected chi connectivity index (χ3v) is 4.72. The van der Waals surface area contributed by atoms with Crippen molar-refractivity contribution in [3.05, 3.63) is 101 Å². The third-order valence-electron chi connectivity index (χ3n) is 4.72. The van der Waals surface area contributed by atoms with Crippen molar-refractivity contribution in [3.63, 3.8) is 0 Å². The summed E-state index contributed by atoms with van der Waals surface area (Å²) in [6.07, 6.45) is 1.81. The molecule has 1 radical (unpaired) electrons. The fourth-order valence-corrected chi connectivity index (χ4v) is 3.15. The number of para-hydroxylation sites is 1. The number of aliphatic imine (C=N–C) groups is 1. The summed E-state index contributed by atoms with van der Waals surface area (Å²) in [5, 5.41) is 10.4. The Kier molecular flexibility index (Phi) is 15.6. The maximum Gasteiger partial charge on any atom is 3.00 e. The van der Waals surface area contributed by atoms with Crippen molar-refractivity contribution in [2.75, 3.05) is 26.2 Å². The standard InChI is InChI=1S/C21H15N2.2C4H10N.Ti/c1-2-9-17(10-3-1)22-15-18-13-14-21(23-18)20-12-6-8-16-7-4-5-11-19(16)20;2*1-3-5-4-2;/h1-15H;2*3-4H2,1-2H3;/q3*-1;+3. The molecule has 4 aromatic rings. The Morgan fingerprint density at radius 1 is 0.676 bits per heavy atom. The molecule has 5 heteroatoms. The Labute approximate surface area is 220 Å². The summed E-state index contributed by atoms with van der Waals surface area (Å²) in [6.45, 7) is 12.1. The first-order valence-corrected chi connectivity index (χ1v) is 11.7. The van der Waals surface area contributed by atoms with Gasteiger partial charge in [0.1, 0.15) is 0 Å². The van der Waals surface area contributed by atoms with Gasteiger partial charge in [-0.1, -0.05) is 100 Å². The molecule has 0 bridgehead atoms. The average molecular weight is 487 g/mol. The minimum Gasteiger partial charge on any atom is -0.663 e. The van der Waals surface area contributed by atoms with Gasteiger partial charge in [-0.25, -0.2) is 0 Å². The Morgan fingerprint density at radius 3 is 1.88 bits per heavy atom. The molecule has 0 saturated heterocycles. The molecule has 0 amide bonds. The number of hydrogen-bond donors (Lipinski definition) is 0. The number of aromatic nitrogens is 1. The molecule has 0 N–H and O–H groups in total. The molecule has 4 nitrogen and oxygen atoms in total. The van der Waals surface area contributed by atoms with Gasteiger partial charge < -0.3 is 15.6 Å². The van der Waals surface area contributed by atoms with Gasteiger partial charge in [0.25, 0.3) is 0 Å². The smallest absolute Gasteiger partial charge is 0.663 e. The van der Waals surface area contributed by atoms with Crippen molar-refractivity contribution in [2.45, 2.75) is 27.7 Å². The van der Waals surface area contributed by atoms with Crippen LogP contribution in [0.15, 0.2) is 89.9 Å². The zero-order valence-corrected chi connectivity index (χ0v) is 22.3. The van der Waals surface area contributed by atoms with E-state index >= 15 is 0 Å². The second-order valence-corrected chi connectivity index (χ2v) is 7.09. The van der Waals surface area contributed by atoms with Crippen LogP contribution in [0.4, 0.5) is 5.69 Å². The zero-order valence-electron chi connectivity index (χ0n) is 20.8. The Hall–Kier alpha value is -2.50. The maximum atomic E-state index is 4.70. The third kappa shape index (κ3) is 10.2. The fourth-order valence-electron chi connectivity index (χ4n) is 3.15.